The quantitative estimate of drug-likeness (QED) is 0.756. The maximum Gasteiger partial charge on any atom is 0.264 e. The van der Waals surface area contributed by atoms with Crippen molar-refractivity contribution in [2.75, 3.05) is 4.72 Å². The molecule has 2 aromatic heterocycles. The summed E-state index contributed by atoms with van der Waals surface area (Å²) in [6, 6.07) is 7.22. The summed E-state index contributed by atoms with van der Waals surface area (Å²) in [5.74, 6) is 0.685. The Balaban J connectivity index is 2.06. The Bertz CT molecular complexity index is 1000. The Morgan fingerprint density at radius 1 is 1.08 bits per heavy atom. The van der Waals surface area contributed by atoms with Gasteiger partial charge in [-0.2, -0.15) is 0 Å². The maximum absolute atomic E-state index is 12.8. The normalized spacial score (nSPS) is 11.7. The van der Waals surface area contributed by atoms with Gasteiger partial charge in [0.15, 0.2) is 0 Å². The molecule has 3 rings (SSSR count). The summed E-state index contributed by atoms with van der Waals surface area (Å²) in [6.45, 7) is 6.94. The van der Waals surface area contributed by atoms with Crippen LogP contribution in [-0.4, -0.2) is 23.6 Å². The standard InChI is InChI=1S/C16H18N4O3S/c1-9-7-5-6-8-13(9)20-24(21,22)15-10(2)14(17-11(15)3)16-19-18-12(4)23-16/h5-8,17,20H,1-4H3. The third kappa shape index (κ3) is 2.80. The number of anilines is 1. The van der Waals surface area contributed by atoms with Gasteiger partial charge in [0.05, 0.1) is 5.69 Å². The van der Waals surface area contributed by atoms with Crippen LogP contribution in [-0.2, 0) is 10.0 Å². The van der Waals surface area contributed by atoms with Gasteiger partial charge in [-0.3, -0.25) is 4.72 Å². The van der Waals surface area contributed by atoms with E-state index in [9.17, 15) is 8.42 Å². The number of para-hydroxylation sites is 1. The van der Waals surface area contributed by atoms with Crippen molar-refractivity contribution in [3.8, 4) is 11.6 Å². The van der Waals surface area contributed by atoms with Gasteiger partial charge in [0, 0.05) is 18.2 Å². The molecule has 8 heteroatoms. The van der Waals surface area contributed by atoms with Crippen LogP contribution in [0.25, 0.3) is 11.6 Å². The molecular formula is C16H18N4O3S. The Kier molecular flexibility index (Phi) is 3.92. The van der Waals surface area contributed by atoms with Crippen molar-refractivity contribution in [2.45, 2.75) is 32.6 Å². The largest absolute Gasteiger partial charge is 0.420 e. The van der Waals surface area contributed by atoms with Crippen LogP contribution in [0.5, 0.6) is 0 Å². The highest BCUT2D eigenvalue weighted by Crippen LogP contribution is 2.31. The first kappa shape index (κ1) is 16.3. The Morgan fingerprint density at radius 3 is 2.42 bits per heavy atom. The van der Waals surface area contributed by atoms with Crippen LogP contribution in [0.15, 0.2) is 33.6 Å². The monoisotopic (exact) mass is 346 g/mol. The second-order valence-corrected chi connectivity index (χ2v) is 7.25. The smallest absolute Gasteiger partial charge is 0.264 e. The van der Waals surface area contributed by atoms with Gasteiger partial charge in [-0.15, -0.1) is 10.2 Å². The van der Waals surface area contributed by atoms with E-state index in [1.165, 1.54) is 0 Å². The third-order valence-electron chi connectivity index (χ3n) is 3.77. The van der Waals surface area contributed by atoms with Crippen LogP contribution in [0.1, 0.15) is 22.7 Å². The third-order valence-corrected chi connectivity index (χ3v) is 5.41. The number of hydrogen-bond acceptors (Lipinski definition) is 5. The van der Waals surface area contributed by atoms with Gasteiger partial charge in [0.2, 0.25) is 5.89 Å². The number of aryl methyl sites for hydroxylation is 3. The van der Waals surface area contributed by atoms with E-state index in [1.807, 2.05) is 19.1 Å². The molecule has 0 bridgehead atoms. The second-order valence-electron chi connectivity index (χ2n) is 5.63. The van der Waals surface area contributed by atoms with Crippen LogP contribution >= 0.6 is 0 Å². The van der Waals surface area contributed by atoms with Crippen LogP contribution in [0, 0.1) is 27.7 Å². The van der Waals surface area contributed by atoms with E-state index < -0.39 is 10.0 Å². The molecule has 0 aliphatic carbocycles. The molecule has 126 valence electrons. The molecule has 0 spiro atoms. The van der Waals surface area contributed by atoms with E-state index in [2.05, 4.69) is 19.9 Å². The molecule has 0 atom stereocenters. The highest BCUT2D eigenvalue weighted by molar-refractivity contribution is 7.92. The molecule has 2 heterocycles. The van der Waals surface area contributed by atoms with Gasteiger partial charge < -0.3 is 9.40 Å². The summed E-state index contributed by atoms with van der Waals surface area (Å²) < 4.78 is 33.7. The Hall–Kier alpha value is -2.61. The molecule has 3 aromatic rings. The number of nitrogens with one attached hydrogen (secondary N) is 2. The first-order chi connectivity index (χ1) is 11.3. The first-order valence-electron chi connectivity index (χ1n) is 7.37. The van der Waals surface area contributed by atoms with Crippen molar-refractivity contribution in [2.24, 2.45) is 0 Å². The highest BCUT2D eigenvalue weighted by atomic mass is 32.2. The molecule has 0 unspecified atom stereocenters. The lowest BCUT2D eigenvalue weighted by atomic mass is 10.2. The molecule has 0 aliphatic rings. The van der Waals surface area contributed by atoms with Crippen molar-refractivity contribution in [3.63, 3.8) is 0 Å². The molecule has 0 radical (unpaired) electrons. The van der Waals surface area contributed by atoms with E-state index in [0.29, 0.717) is 28.5 Å². The molecule has 1 aromatic carbocycles. The van der Waals surface area contributed by atoms with Crippen molar-refractivity contribution < 1.29 is 12.8 Å². The number of aromatic nitrogens is 3. The van der Waals surface area contributed by atoms with E-state index >= 15 is 0 Å². The van der Waals surface area contributed by atoms with E-state index in [0.717, 1.165) is 5.56 Å². The fourth-order valence-corrected chi connectivity index (χ4v) is 4.21. The lowest BCUT2D eigenvalue weighted by Crippen LogP contribution is -2.15. The number of hydrogen-bond donors (Lipinski definition) is 2. The van der Waals surface area contributed by atoms with Gasteiger partial charge in [0.25, 0.3) is 15.9 Å². The van der Waals surface area contributed by atoms with Crippen molar-refractivity contribution in [1.29, 1.82) is 0 Å². The number of benzene rings is 1. The average Bonchev–Trinajstić information content (AvgIpc) is 3.05. The predicted octanol–water partition coefficient (Wildman–Crippen LogP) is 3.10. The fourth-order valence-electron chi connectivity index (χ4n) is 2.63. The van der Waals surface area contributed by atoms with E-state index in [-0.39, 0.29) is 10.8 Å². The number of H-pyrrole nitrogens is 1. The molecule has 0 amide bonds. The molecule has 0 aliphatic heterocycles. The SMILES string of the molecule is Cc1nnc(-c2[nH]c(C)c(S(=O)(=O)Nc3ccccc3C)c2C)o1. The highest BCUT2D eigenvalue weighted by Gasteiger charge is 2.26. The van der Waals surface area contributed by atoms with E-state index in [1.54, 1.807) is 32.9 Å². The van der Waals surface area contributed by atoms with Gasteiger partial charge in [-0.1, -0.05) is 18.2 Å². The summed E-state index contributed by atoms with van der Waals surface area (Å²) in [7, 11) is -3.75. The van der Waals surface area contributed by atoms with Gasteiger partial charge in [0.1, 0.15) is 10.6 Å². The molecule has 7 nitrogen and oxygen atoms in total. The second kappa shape index (κ2) is 5.79. The van der Waals surface area contributed by atoms with Crippen molar-refractivity contribution in [3.05, 3.63) is 47.0 Å². The Labute approximate surface area is 140 Å². The Morgan fingerprint density at radius 2 is 1.79 bits per heavy atom. The number of sulfonamides is 1. The lowest BCUT2D eigenvalue weighted by molar-refractivity contribution is 0.531. The fraction of sp³-hybridized carbons (Fsp3) is 0.250. The number of aromatic amines is 1. The first-order valence-corrected chi connectivity index (χ1v) is 8.86. The summed E-state index contributed by atoms with van der Waals surface area (Å²) in [5.41, 5.74) is 2.96. The molecule has 24 heavy (non-hydrogen) atoms. The van der Waals surface area contributed by atoms with Crippen molar-refractivity contribution in [1.82, 2.24) is 15.2 Å². The van der Waals surface area contributed by atoms with Crippen LogP contribution in [0.3, 0.4) is 0 Å². The number of nitrogens with zero attached hydrogens (tertiary/aromatic N) is 2. The zero-order chi connectivity index (χ0) is 17.5. The zero-order valence-corrected chi connectivity index (χ0v) is 14.7. The molecular weight excluding hydrogens is 328 g/mol. The molecule has 2 N–H and O–H groups in total. The summed E-state index contributed by atoms with van der Waals surface area (Å²) in [4.78, 5) is 3.22. The zero-order valence-electron chi connectivity index (χ0n) is 13.8. The van der Waals surface area contributed by atoms with Crippen LogP contribution in [0.4, 0.5) is 5.69 Å². The molecule has 0 saturated carbocycles. The van der Waals surface area contributed by atoms with Gasteiger partial charge >= 0.3 is 0 Å². The average molecular weight is 346 g/mol. The van der Waals surface area contributed by atoms with E-state index in [4.69, 9.17) is 4.42 Å². The number of rotatable bonds is 4. The molecule has 0 saturated heterocycles. The molecule has 0 fully saturated rings. The minimum atomic E-state index is -3.75. The lowest BCUT2D eigenvalue weighted by Gasteiger charge is -2.11. The van der Waals surface area contributed by atoms with Gasteiger partial charge in [-0.25, -0.2) is 8.42 Å². The van der Waals surface area contributed by atoms with Gasteiger partial charge in [-0.05, 0) is 32.4 Å². The summed E-state index contributed by atoms with van der Waals surface area (Å²) in [5, 5.41) is 7.73. The van der Waals surface area contributed by atoms with Crippen molar-refractivity contribution >= 4 is 15.7 Å². The topological polar surface area (TPSA) is 101 Å². The minimum Gasteiger partial charge on any atom is -0.420 e. The summed E-state index contributed by atoms with van der Waals surface area (Å²) in [6.07, 6.45) is 0. The predicted molar refractivity (Wildman–Crippen MR) is 90.3 cm³/mol. The summed E-state index contributed by atoms with van der Waals surface area (Å²) >= 11 is 0. The minimum absolute atomic E-state index is 0.191. The van der Waals surface area contributed by atoms with Crippen LogP contribution in [0.2, 0.25) is 0 Å². The maximum atomic E-state index is 12.8. The van der Waals surface area contributed by atoms with Crippen LogP contribution < -0.4 is 4.72 Å².